The Kier molecular flexibility index (Phi) is 3.37. The smallest absolute Gasteiger partial charge is 0.367 e. The van der Waals surface area contributed by atoms with Gasteiger partial charge in [-0.3, -0.25) is 0 Å². The van der Waals surface area contributed by atoms with E-state index in [1.807, 2.05) is 20.4 Å². The Hall–Kier alpha value is -0.0700. The normalized spacial score (nSPS) is 27.1. The summed E-state index contributed by atoms with van der Waals surface area (Å²) in [5, 5.41) is 1.14. The van der Waals surface area contributed by atoms with Gasteiger partial charge in [0.1, 0.15) is 7.05 Å². The van der Waals surface area contributed by atoms with Crippen molar-refractivity contribution in [1.29, 1.82) is 0 Å². The molecule has 15 heavy (non-hydrogen) atoms. The fraction of sp³-hybridized carbons (Fsp3) is 0.556. The number of carbonyl (C=O) groups is 1. The zero-order valence-electron chi connectivity index (χ0n) is 8.94. The van der Waals surface area contributed by atoms with Gasteiger partial charge in [-0.1, -0.05) is 11.8 Å². The minimum atomic E-state index is 0.139. The third-order valence-corrected chi connectivity index (χ3v) is 6.04. The van der Waals surface area contributed by atoms with E-state index in [1.54, 1.807) is 39.9 Å². The summed E-state index contributed by atoms with van der Waals surface area (Å²) in [6.45, 7) is 1.04. The summed E-state index contributed by atoms with van der Waals surface area (Å²) >= 11 is 5.01. The standard InChI is InChI=1S/C9H13N2OS3/c1-10-4-5-14-8(10)6-7(12)11(2)9(13-3)15-6/h4-5H2,1-3H3/q+1/b8-6+. The number of likely N-dealkylation sites (N-methyl/N-ethyl adjacent to an activating group) is 1. The molecular weight excluding hydrogens is 248 g/mol. The molecule has 2 aliphatic rings. The van der Waals surface area contributed by atoms with Crippen LogP contribution in [0.2, 0.25) is 0 Å². The third kappa shape index (κ3) is 1.94. The van der Waals surface area contributed by atoms with Crippen LogP contribution in [0.1, 0.15) is 0 Å². The molecular formula is C9H13N2OS3+. The Morgan fingerprint density at radius 2 is 2.27 bits per heavy atom. The van der Waals surface area contributed by atoms with Crippen molar-refractivity contribution in [2.24, 2.45) is 0 Å². The molecule has 1 saturated heterocycles. The number of amides is 1. The van der Waals surface area contributed by atoms with E-state index in [1.165, 1.54) is 0 Å². The highest BCUT2D eigenvalue weighted by molar-refractivity contribution is 8.40. The molecule has 0 aliphatic carbocycles. The van der Waals surface area contributed by atoms with E-state index in [0.717, 1.165) is 26.6 Å². The lowest BCUT2D eigenvalue weighted by Gasteiger charge is -2.11. The number of carbonyl (C=O) groups excluding carboxylic acids is 1. The van der Waals surface area contributed by atoms with E-state index in [9.17, 15) is 4.79 Å². The summed E-state index contributed by atoms with van der Waals surface area (Å²) in [5.41, 5.74) is 0. The van der Waals surface area contributed by atoms with Gasteiger partial charge in [0.25, 0.3) is 4.38 Å². The molecule has 2 heterocycles. The fourth-order valence-electron chi connectivity index (χ4n) is 1.48. The Bertz CT molecular complexity index is 376. The number of thioether (sulfide) groups is 3. The lowest BCUT2D eigenvalue weighted by molar-refractivity contribution is -0.406. The van der Waals surface area contributed by atoms with Crippen molar-refractivity contribution in [2.75, 3.05) is 32.6 Å². The van der Waals surface area contributed by atoms with E-state index >= 15 is 0 Å². The van der Waals surface area contributed by atoms with Crippen molar-refractivity contribution in [3.63, 3.8) is 0 Å². The minimum absolute atomic E-state index is 0.139. The molecule has 0 N–H and O–H groups in total. The van der Waals surface area contributed by atoms with Crippen molar-refractivity contribution >= 4 is 45.6 Å². The molecule has 0 spiro atoms. The van der Waals surface area contributed by atoms with Crippen LogP contribution >= 0.6 is 35.3 Å². The zero-order valence-corrected chi connectivity index (χ0v) is 11.4. The first-order valence-corrected chi connectivity index (χ1v) is 7.63. The van der Waals surface area contributed by atoms with Crippen LogP contribution in [0.15, 0.2) is 9.93 Å². The molecule has 0 atom stereocenters. The van der Waals surface area contributed by atoms with Crippen LogP contribution in [0.3, 0.4) is 0 Å². The maximum Gasteiger partial charge on any atom is 0.430 e. The van der Waals surface area contributed by atoms with Gasteiger partial charge in [0.2, 0.25) is 0 Å². The second-order valence-electron chi connectivity index (χ2n) is 3.34. The van der Waals surface area contributed by atoms with E-state index in [0.29, 0.717) is 0 Å². The van der Waals surface area contributed by atoms with E-state index in [2.05, 4.69) is 4.90 Å². The zero-order chi connectivity index (χ0) is 11.0. The highest BCUT2D eigenvalue weighted by Crippen LogP contribution is 2.39. The maximum atomic E-state index is 12.0. The minimum Gasteiger partial charge on any atom is -0.367 e. The predicted octanol–water partition coefficient (Wildman–Crippen LogP) is 1.47. The van der Waals surface area contributed by atoms with Crippen molar-refractivity contribution < 1.29 is 9.37 Å². The van der Waals surface area contributed by atoms with E-state index < -0.39 is 0 Å². The van der Waals surface area contributed by atoms with Gasteiger partial charge in [-0.25, -0.2) is 4.79 Å². The van der Waals surface area contributed by atoms with Crippen LogP contribution in [0.25, 0.3) is 0 Å². The first kappa shape index (κ1) is 11.4. The summed E-state index contributed by atoms with van der Waals surface area (Å²) in [6.07, 6.45) is 2.01. The Morgan fingerprint density at radius 3 is 2.73 bits per heavy atom. The molecule has 82 valence electrons. The topological polar surface area (TPSA) is 23.3 Å². The average molecular weight is 261 g/mol. The molecule has 2 aliphatic heterocycles. The van der Waals surface area contributed by atoms with E-state index in [-0.39, 0.29) is 5.91 Å². The molecule has 0 saturated carbocycles. The van der Waals surface area contributed by atoms with Gasteiger partial charge in [-0.05, 0) is 6.26 Å². The largest absolute Gasteiger partial charge is 0.430 e. The second-order valence-corrected chi connectivity index (χ2v) is 6.48. The SMILES string of the molecule is CSC1=[N+](C)C(=O)/C(=C2\SCCN2C)S1. The van der Waals surface area contributed by atoms with Crippen molar-refractivity contribution in [2.45, 2.75) is 0 Å². The van der Waals surface area contributed by atoms with Crippen LogP contribution < -0.4 is 0 Å². The number of rotatable bonds is 0. The molecule has 0 aromatic rings. The molecule has 3 nitrogen and oxygen atoms in total. The molecule has 1 fully saturated rings. The average Bonchev–Trinajstić information content (AvgIpc) is 2.74. The van der Waals surface area contributed by atoms with Gasteiger partial charge in [0.15, 0.2) is 4.91 Å². The molecule has 0 unspecified atom stereocenters. The summed E-state index contributed by atoms with van der Waals surface area (Å²) in [5.74, 6) is 1.22. The van der Waals surface area contributed by atoms with Crippen LogP contribution in [0, 0.1) is 0 Å². The monoisotopic (exact) mass is 261 g/mol. The van der Waals surface area contributed by atoms with Crippen LogP contribution in [-0.2, 0) is 4.79 Å². The van der Waals surface area contributed by atoms with Gasteiger partial charge in [0, 0.05) is 31.1 Å². The quantitative estimate of drug-likeness (QED) is 0.485. The molecule has 6 heteroatoms. The van der Waals surface area contributed by atoms with Crippen LogP contribution in [0.5, 0.6) is 0 Å². The van der Waals surface area contributed by atoms with Crippen LogP contribution in [-0.4, -0.2) is 52.4 Å². The molecule has 0 bridgehead atoms. The number of nitrogens with zero attached hydrogens (tertiary/aromatic N) is 2. The van der Waals surface area contributed by atoms with Crippen molar-refractivity contribution in [3.8, 4) is 0 Å². The Balaban J connectivity index is 2.33. The third-order valence-electron chi connectivity index (χ3n) is 2.34. The highest BCUT2D eigenvalue weighted by Gasteiger charge is 2.39. The molecule has 0 radical (unpaired) electrons. The first-order valence-electron chi connectivity index (χ1n) is 4.60. The summed E-state index contributed by atoms with van der Waals surface area (Å²) in [6, 6.07) is 0. The van der Waals surface area contributed by atoms with E-state index in [4.69, 9.17) is 0 Å². The lowest BCUT2D eigenvalue weighted by Crippen LogP contribution is -2.17. The summed E-state index contributed by atoms with van der Waals surface area (Å²) in [7, 11) is 3.89. The van der Waals surface area contributed by atoms with Gasteiger partial charge in [0.05, 0.1) is 5.03 Å². The summed E-state index contributed by atoms with van der Waals surface area (Å²) < 4.78 is 2.81. The lowest BCUT2D eigenvalue weighted by atomic mass is 10.5. The highest BCUT2D eigenvalue weighted by atomic mass is 32.2. The van der Waals surface area contributed by atoms with Gasteiger partial charge in [-0.2, -0.15) is 0 Å². The molecule has 0 aromatic carbocycles. The van der Waals surface area contributed by atoms with Gasteiger partial charge < -0.3 is 4.90 Å². The van der Waals surface area contributed by atoms with Gasteiger partial charge in [-0.15, -0.1) is 16.3 Å². The van der Waals surface area contributed by atoms with Crippen molar-refractivity contribution in [1.82, 2.24) is 4.90 Å². The predicted molar refractivity (Wildman–Crippen MR) is 69.4 cm³/mol. The fourth-order valence-corrected chi connectivity index (χ4v) is 4.67. The van der Waals surface area contributed by atoms with Crippen molar-refractivity contribution in [3.05, 3.63) is 9.93 Å². The molecule has 1 amide bonds. The Labute approximate surface area is 102 Å². The Morgan fingerprint density at radius 1 is 1.53 bits per heavy atom. The molecule has 0 aromatic heterocycles. The maximum absolute atomic E-state index is 12.0. The van der Waals surface area contributed by atoms with Gasteiger partial charge >= 0.3 is 5.91 Å². The molecule has 2 rings (SSSR count). The number of hydrogen-bond acceptors (Lipinski definition) is 5. The first-order chi connectivity index (χ1) is 7.15. The summed E-state index contributed by atoms with van der Waals surface area (Å²) in [4.78, 5) is 15.0. The number of hydrogen-bond donors (Lipinski definition) is 0. The second kappa shape index (κ2) is 4.43. The van der Waals surface area contributed by atoms with Crippen LogP contribution in [0.4, 0.5) is 0 Å².